The maximum absolute atomic E-state index is 13.3. The van der Waals surface area contributed by atoms with Gasteiger partial charge in [-0.2, -0.15) is 18.3 Å². The molecular weight excluding hydrogens is 303 g/mol. The number of aryl methyl sites for hydroxylation is 1. The third-order valence-electron chi connectivity index (χ3n) is 3.48. The molecule has 0 saturated carbocycles. The van der Waals surface area contributed by atoms with E-state index in [0.29, 0.717) is 16.9 Å². The first-order chi connectivity index (χ1) is 10.8. The van der Waals surface area contributed by atoms with Crippen LogP contribution in [0.25, 0.3) is 16.9 Å². The van der Waals surface area contributed by atoms with Crippen molar-refractivity contribution in [3.8, 4) is 16.9 Å². The summed E-state index contributed by atoms with van der Waals surface area (Å²) in [4.78, 5) is 0. The Morgan fingerprint density at radius 1 is 0.957 bits per heavy atom. The molecule has 3 nitrogen and oxygen atoms in total. The number of nitrogens with zero attached hydrogens (tertiary/aromatic N) is 2. The van der Waals surface area contributed by atoms with Crippen LogP contribution in [0.15, 0.2) is 54.6 Å². The average molecular weight is 317 g/mol. The number of benzene rings is 2. The Morgan fingerprint density at radius 2 is 1.57 bits per heavy atom. The molecule has 23 heavy (non-hydrogen) atoms. The number of anilines is 1. The summed E-state index contributed by atoms with van der Waals surface area (Å²) < 4.78 is 40.9. The van der Waals surface area contributed by atoms with Crippen molar-refractivity contribution in [2.24, 2.45) is 0 Å². The zero-order valence-corrected chi connectivity index (χ0v) is 12.3. The van der Waals surface area contributed by atoms with Crippen molar-refractivity contribution in [2.75, 3.05) is 5.73 Å². The summed E-state index contributed by atoms with van der Waals surface area (Å²) in [6.45, 7) is 1.91. The third-order valence-corrected chi connectivity index (χ3v) is 3.48. The van der Waals surface area contributed by atoms with Crippen LogP contribution < -0.4 is 5.73 Å². The molecule has 1 heterocycles. The van der Waals surface area contributed by atoms with Gasteiger partial charge in [0.15, 0.2) is 0 Å². The van der Waals surface area contributed by atoms with Crippen LogP contribution in [0.4, 0.5) is 18.9 Å². The highest BCUT2D eigenvalue weighted by Crippen LogP contribution is 2.34. The van der Waals surface area contributed by atoms with E-state index in [2.05, 4.69) is 5.10 Å². The van der Waals surface area contributed by atoms with Crippen LogP contribution in [0.1, 0.15) is 11.3 Å². The molecule has 2 aromatic carbocycles. The van der Waals surface area contributed by atoms with Crippen LogP contribution in [0, 0.1) is 6.92 Å². The molecule has 0 saturated heterocycles. The SMILES string of the molecule is Cc1ccc(-c2cc(C(F)(F)F)n(-c3ccc(N)cc3)n2)cc1. The molecule has 0 aliphatic heterocycles. The molecule has 118 valence electrons. The van der Waals surface area contributed by atoms with Crippen molar-refractivity contribution in [1.29, 1.82) is 0 Å². The minimum absolute atomic E-state index is 0.272. The number of aromatic nitrogens is 2. The molecule has 0 bridgehead atoms. The summed E-state index contributed by atoms with van der Waals surface area (Å²) in [5.41, 5.74) is 7.49. The van der Waals surface area contributed by atoms with E-state index in [-0.39, 0.29) is 5.69 Å². The number of halogens is 3. The fraction of sp³-hybridized carbons (Fsp3) is 0.118. The Balaban J connectivity index is 2.14. The predicted molar refractivity (Wildman–Crippen MR) is 83.2 cm³/mol. The second kappa shape index (κ2) is 5.46. The first-order valence-corrected chi connectivity index (χ1v) is 6.95. The van der Waals surface area contributed by atoms with Gasteiger partial charge in [0.25, 0.3) is 0 Å². The highest BCUT2D eigenvalue weighted by molar-refractivity contribution is 5.61. The molecule has 0 amide bonds. The number of hydrogen-bond acceptors (Lipinski definition) is 2. The first-order valence-electron chi connectivity index (χ1n) is 6.95. The van der Waals surface area contributed by atoms with Gasteiger partial charge in [-0.25, -0.2) is 4.68 Å². The number of nitrogens with two attached hydrogens (primary N) is 1. The number of rotatable bonds is 2. The van der Waals surface area contributed by atoms with Gasteiger partial charge in [-0.3, -0.25) is 0 Å². The second-order valence-corrected chi connectivity index (χ2v) is 5.28. The van der Waals surface area contributed by atoms with Gasteiger partial charge in [0.1, 0.15) is 5.69 Å². The standard InChI is InChI=1S/C17H14F3N3/c1-11-2-4-12(5-3-11)15-10-16(17(18,19)20)23(22-15)14-8-6-13(21)7-9-14/h2-10H,21H2,1H3. The largest absolute Gasteiger partial charge is 0.433 e. The van der Waals surface area contributed by atoms with E-state index in [4.69, 9.17) is 5.73 Å². The number of nitrogen functional groups attached to an aromatic ring is 1. The number of hydrogen-bond donors (Lipinski definition) is 1. The molecule has 1 aromatic heterocycles. The Labute approximate surface area is 131 Å². The predicted octanol–water partition coefficient (Wildman–Crippen LogP) is 4.45. The maximum Gasteiger partial charge on any atom is 0.433 e. The van der Waals surface area contributed by atoms with Crippen LogP contribution in [0.5, 0.6) is 0 Å². The van der Waals surface area contributed by atoms with Crippen molar-refractivity contribution in [2.45, 2.75) is 13.1 Å². The fourth-order valence-electron chi connectivity index (χ4n) is 2.26. The van der Waals surface area contributed by atoms with Gasteiger partial charge in [0, 0.05) is 11.3 Å². The van der Waals surface area contributed by atoms with E-state index in [1.165, 1.54) is 12.1 Å². The molecule has 0 fully saturated rings. The van der Waals surface area contributed by atoms with Gasteiger partial charge in [0.2, 0.25) is 0 Å². The van der Waals surface area contributed by atoms with Gasteiger partial charge >= 0.3 is 6.18 Å². The van der Waals surface area contributed by atoms with Crippen LogP contribution >= 0.6 is 0 Å². The molecule has 0 radical (unpaired) electrons. The number of alkyl halides is 3. The summed E-state index contributed by atoms with van der Waals surface area (Å²) in [6, 6.07) is 14.4. The zero-order valence-electron chi connectivity index (χ0n) is 12.3. The maximum atomic E-state index is 13.3. The van der Waals surface area contributed by atoms with Gasteiger partial charge < -0.3 is 5.73 Å². The summed E-state index contributed by atoms with van der Waals surface area (Å²) in [5, 5.41) is 4.13. The Kier molecular flexibility index (Phi) is 3.60. The normalized spacial score (nSPS) is 11.7. The molecule has 0 spiro atoms. The summed E-state index contributed by atoms with van der Waals surface area (Å²) >= 11 is 0. The van der Waals surface area contributed by atoms with Gasteiger partial charge in [-0.15, -0.1) is 0 Å². The van der Waals surface area contributed by atoms with Crippen LogP contribution in [-0.4, -0.2) is 9.78 Å². The van der Waals surface area contributed by atoms with Gasteiger partial charge in [0.05, 0.1) is 11.4 Å². The van der Waals surface area contributed by atoms with E-state index in [1.54, 1.807) is 24.3 Å². The first kappa shape index (κ1) is 15.1. The monoisotopic (exact) mass is 317 g/mol. The Bertz CT molecular complexity index is 816. The highest BCUT2D eigenvalue weighted by atomic mass is 19.4. The van der Waals surface area contributed by atoms with Crippen molar-refractivity contribution in [1.82, 2.24) is 9.78 Å². The molecule has 3 aromatic rings. The van der Waals surface area contributed by atoms with Gasteiger partial charge in [-0.05, 0) is 37.3 Å². The molecule has 0 aliphatic rings. The van der Waals surface area contributed by atoms with Gasteiger partial charge in [-0.1, -0.05) is 29.8 Å². The minimum atomic E-state index is -4.50. The molecule has 0 aliphatic carbocycles. The van der Waals surface area contributed by atoms with Crippen molar-refractivity contribution < 1.29 is 13.2 Å². The summed E-state index contributed by atoms with van der Waals surface area (Å²) in [6.07, 6.45) is -4.50. The van der Waals surface area contributed by atoms with E-state index in [1.807, 2.05) is 19.1 Å². The summed E-state index contributed by atoms with van der Waals surface area (Å²) in [5.74, 6) is 0. The quantitative estimate of drug-likeness (QED) is 0.710. The zero-order chi connectivity index (χ0) is 16.6. The fourth-order valence-corrected chi connectivity index (χ4v) is 2.26. The van der Waals surface area contributed by atoms with E-state index < -0.39 is 11.9 Å². The van der Waals surface area contributed by atoms with Crippen molar-refractivity contribution >= 4 is 5.69 Å². The molecule has 0 unspecified atom stereocenters. The topological polar surface area (TPSA) is 43.8 Å². The van der Waals surface area contributed by atoms with Crippen LogP contribution in [0.2, 0.25) is 0 Å². The third kappa shape index (κ3) is 3.06. The lowest BCUT2D eigenvalue weighted by Crippen LogP contribution is -2.13. The Morgan fingerprint density at radius 3 is 2.13 bits per heavy atom. The second-order valence-electron chi connectivity index (χ2n) is 5.28. The van der Waals surface area contributed by atoms with E-state index in [0.717, 1.165) is 16.3 Å². The minimum Gasteiger partial charge on any atom is -0.399 e. The summed E-state index contributed by atoms with van der Waals surface area (Å²) in [7, 11) is 0. The molecule has 0 atom stereocenters. The average Bonchev–Trinajstić information content (AvgIpc) is 2.94. The van der Waals surface area contributed by atoms with Crippen molar-refractivity contribution in [3.63, 3.8) is 0 Å². The van der Waals surface area contributed by atoms with E-state index >= 15 is 0 Å². The van der Waals surface area contributed by atoms with Crippen molar-refractivity contribution in [3.05, 3.63) is 65.9 Å². The highest BCUT2D eigenvalue weighted by Gasteiger charge is 2.36. The lowest BCUT2D eigenvalue weighted by Gasteiger charge is -2.10. The molecule has 3 rings (SSSR count). The lowest BCUT2D eigenvalue weighted by molar-refractivity contribution is -0.142. The Hall–Kier alpha value is -2.76. The van der Waals surface area contributed by atoms with Crippen LogP contribution in [-0.2, 0) is 6.18 Å². The van der Waals surface area contributed by atoms with E-state index in [9.17, 15) is 13.2 Å². The molecular formula is C17H14F3N3. The smallest absolute Gasteiger partial charge is 0.399 e. The van der Waals surface area contributed by atoms with Crippen LogP contribution in [0.3, 0.4) is 0 Å². The lowest BCUT2D eigenvalue weighted by atomic mass is 10.1. The molecule has 6 heteroatoms. The molecule has 2 N–H and O–H groups in total.